The number of carbonyl (C=O) groups excluding carboxylic acids is 1. The molecule has 0 saturated heterocycles. The number of amides is 1. The number of ether oxygens (including phenoxy) is 1. The Morgan fingerprint density at radius 2 is 2.38 bits per heavy atom. The van der Waals surface area contributed by atoms with E-state index in [1.165, 1.54) is 0 Å². The topological polar surface area (TPSA) is 79.0 Å². The molecule has 0 aliphatic carbocycles. The van der Waals surface area contributed by atoms with E-state index in [-0.39, 0.29) is 18.5 Å². The van der Waals surface area contributed by atoms with E-state index in [1.54, 1.807) is 19.3 Å². The van der Waals surface area contributed by atoms with Gasteiger partial charge in [-0.1, -0.05) is 0 Å². The summed E-state index contributed by atoms with van der Waals surface area (Å²) in [7, 11) is 0. The number of imidazole rings is 1. The Kier molecular flexibility index (Phi) is 8.28. The third-order valence-electron chi connectivity index (χ3n) is 1.69. The lowest BCUT2D eigenvalue weighted by molar-refractivity contribution is 0.152. The van der Waals surface area contributed by atoms with Gasteiger partial charge in [0.1, 0.15) is 5.82 Å². The van der Waals surface area contributed by atoms with Crippen molar-refractivity contribution in [3.05, 3.63) is 18.2 Å². The molecule has 0 atom stereocenters. The molecule has 0 spiro atoms. The van der Waals surface area contributed by atoms with Crippen LogP contribution in [0.2, 0.25) is 0 Å². The van der Waals surface area contributed by atoms with Crippen molar-refractivity contribution in [3.63, 3.8) is 0 Å². The number of nitrogens with one attached hydrogen (secondary N) is 3. The number of halogens is 1. The number of nitrogens with zero attached hydrogens (tertiary/aromatic N) is 1. The fourth-order valence-electron chi connectivity index (χ4n) is 1.04. The first-order valence-electron chi connectivity index (χ1n) is 4.92. The summed E-state index contributed by atoms with van der Waals surface area (Å²) in [4.78, 5) is 17.9. The molecule has 0 bridgehead atoms. The molecule has 1 heterocycles. The van der Waals surface area contributed by atoms with Crippen LogP contribution in [0.1, 0.15) is 12.7 Å². The van der Waals surface area contributed by atoms with Crippen molar-refractivity contribution in [2.24, 2.45) is 0 Å². The summed E-state index contributed by atoms with van der Waals surface area (Å²) in [5, 5.41) is 5.73. The van der Waals surface area contributed by atoms with Gasteiger partial charge in [-0.05, 0) is 6.92 Å². The maximum Gasteiger partial charge on any atom is 0.407 e. The number of carbonyl (C=O) groups is 1. The van der Waals surface area contributed by atoms with Crippen molar-refractivity contribution in [2.75, 3.05) is 19.7 Å². The van der Waals surface area contributed by atoms with Crippen LogP contribution < -0.4 is 10.6 Å². The Balaban J connectivity index is 0.00000225. The number of alkyl carbamates (subject to hydrolysis) is 1. The van der Waals surface area contributed by atoms with E-state index in [1.807, 2.05) is 0 Å². The van der Waals surface area contributed by atoms with Crippen LogP contribution in [0.5, 0.6) is 0 Å². The maximum atomic E-state index is 10.9. The molecule has 0 radical (unpaired) electrons. The third kappa shape index (κ3) is 6.26. The molecule has 6 nitrogen and oxygen atoms in total. The van der Waals surface area contributed by atoms with E-state index < -0.39 is 0 Å². The first kappa shape index (κ1) is 14.7. The standard InChI is InChI=1S/C9H16N4O2.ClH/c1-2-15-9(14)13-4-3-10-7-8-11-5-6-12-8;/h5-6,10H,2-4,7H2,1H3,(H,11,12)(H,13,14);1H. The molecule has 1 aromatic rings. The number of H-pyrrole nitrogens is 1. The van der Waals surface area contributed by atoms with E-state index in [9.17, 15) is 4.79 Å². The molecule has 0 unspecified atom stereocenters. The molecule has 7 heteroatoms. The molecule has 0 aliphatic rings. The van der Waals surface area contributed by atoms with Crippen LogP contribution in [-0.4, -0.2) is 35.8 Å². The summed E-state index contributed by atoms with van der Waals surface area (Å²) < 4.78 is 4.70. The van der Waals surface area contributed by atoms with Crippen molar-refractivity contribution >= 4 is 18.5 Å². The van der Waals surface area contributed by atoms with Crippen LogP contribution in [-0.2, 0) is 11.3 Å². The SMILES string of the molecule is CCOC(=O)NCCNCc1ncc[nH]1.Cl. The number of hydrogen-bond donors (Lipinski definition) is 3. The molecule has 0 saturated carbocycles. The van der Waals surface area contributed by atoms with Gasteiger partial charge in [-0.15, -0.1) is 12.4 Å². The first-order valence-corrected chi connectivity index (χ1v) is 4.92. The highest BCUT2D eigenvalue weighted by molar-refractivity contribution is 5.85. The van der Waals surface area contributed by atoms with Crippen molar-refractivity contribution in [3.8, 4) is 0 Å². The highest BCUT2D eigenvalue weighted by atomic mass is 35.5. The number of aromatic nitrogens is 2. The molecule has 3 N–H and O–H groups in total. The van der Waals surface area contributed by atoms with E-state index in [0.29, 0.717) is 26.2 Å². The molecule has 0 fully saturated rings. The Labute approximate surface area is 101 Å². The van der Waals surface area contributed by atoms with E-state index in [4.69, 9.17) is 4.74 Å². The van der Waals surface area contributed by atoms with E-state index in [0.717, 1.165) is 5.82 Å². The predicted molar refractivity (Wildman–Crippen MR) is 62.6 cm³/mol. The van der Waals surface area contributed by atoms with Gasteiger partial charge >= 0.3 is 6.09 Å². The van der Waals surface area contributed by atoms with Crippen molar-refractivity contribution in [1.82, 2.24) is 20.6 Å². The maximum absolute atomic E-state index is 10.9. The highest BCUT2D eigenvalue weighted by Gasteiger charge is 1.98. The summed E-state index contributed by atoms with van der Waals surface area (Å²) in [6.45, 7) is 4.05. The first-order chi connectivity index (χ1) is 7.33. The fraction of sp³-hybridized carbons (Fsp3) is 0.556. The average Bonchev–Trinajstić information content (AvgIpc) is 2.70. The Bertz CT molecular complexity index is 279. The zero-order chi connectivity index (χ0) is 10.9. The van der Waals surface area contributed by atoms with Crippen LogP contribution in [0.25, 0.3) is 0 Å². The Morgan fingerprint density at radius 3 is 3.00 bits per heavy atom. The number of aromatic amines is 1. The van der Waals surface area contributed by atoms with Gasteiger partial charge < -0.3 is 20.4 Å². The molecule has 1 rings (SSSR count). The second-order valence-electron chi connectivity index (χ2n) is 2.86. The second-order valence-corrected chi connectivity index (χ2v) is 2.86. The van der Waals surface area contributed by atoms with Crippen LogP contribution >= 0.6 is 12.4 Å². The van der Waals surface area contributed by atoms with Gasteiger partial charge in [-0.2, -0.15) is 0 Å². The molecular weight excluding hydrogens is 232 g/mol. The Hall–Kier alpha value is -1.27. The third-order valence-corrected chi connectivity index (χ3v) is 1.69. The van der Waals surface area contributed by atoms with E-state index in [2.05, 4.69) is 20.6 Å². The minimum Gasteiger partial charge on any atom is -0.450 e. The summed E-state index contributed by atoms with van der Waals surface area (Å²) in [5.41, 5.74) is 0. The molecule has 1 amide bonds. The Morgan fingerprint density at radius 1 is 1.56 bits per heavy atom. The summed E-state index contributed by atoms with van der Waals surface area (Å²) in [5.74, 6) is 0.881. The monoisotopic (exact) mass is 248 g/mol. The molecule has 16 heavy (non-hydrogen) atoms. The van der Waals surface area contributed by atoms with Crippen molar-refractivity contribution < 1.29 is 9.53 Å². The van der Waals surface area contributed by atoms with Crippen molar-refractivity contribution in [2.45, 2.75) is 13.5 Å². The molecule has 1 aromatic heterocycles. The average molecular weight is 249 g/mol. The largest absolute Gasteiger partial charge is 0.450 e. The lowest BCUT2D eigenvalue weighted by Gasteiger charge is -2.05. The molecular formula is C9H17ClN4O2. The van der Waals surface area contributed by atoms with Crippen LogP contribution in [0, 0.1) is 0 Å². The van der Waals surface area contributed by atoms with Crippen LogP contribution in [0.4, 0.5) is 4.79 Å². The van der Waals surface area contributed by atoms with Gasteiger partial charge in [0.2, 0.25) is 0 Å². The van der Waals surface area contributed by atoms with Gasteiger partial charge in [-0.25, -0.2) is 9.78 Å². The minimum absolute atomic E-state index is 0. The lowest BCUT2D eigenvalue weighted by Crippen LogP contribution is -2.32. The van der Waals surface area contributed by atoms with Crippen molar-refractivity contribution in [1.29, 1.82) is 0 Å². The highest BCUT2D eigenvalue weighted by Crippen LogP contribution is 1.85. The molecule has 0 aliphatic heterocycles. The van der Waals surface area contributed by atoms with Gasteiger partial charge in [0.05, 0.1) is 13.2 Å². The smallest absolute Gasteiger partial charge is 0.407 e. The predicted octanol–water partition coefficient (Wildman–Crippen LogP) is 0.667. The lowest BCUT2D eigenvalue weighted by atomic mass is 10.5. The van der Waals surface area contributed by atoms with Gasteiger partial charge in [0.15, 0.2) is 0 Å². The zero-order valence-electron chi connectivity index (χ0n) is 9.16. The van der Waals surface area contributed by atoms with Crippen LogP contribution in [0.15, 0.2) is 12.4 Å². The fourth-order valence-corrected chi connectivity index (χ4v) is 1.04. The van der Waals surface area contributed by atoms with Gasteiger partial charge in [0, 0.05) is 25.5 Å². The molecule has 92 valence electrons. The van der Waals surface area contributed by atoms with Crippen LogP contribution in [0.3, 0.4) is 0 Å². The zero-order valence-corrected chi connectivity index (χ0v) is 9.97. The summed E-state index contributed by atoms with van der Waals surface area (Å²) >= 11 is 0. The minimum atomic E-state index is -0.378. The quantitative estimate of drug-likeness (QED) is 0.647. The normalized spacial score (nSPS) is 9.31. The summed E-state index contributed by atoms with van der Waals surface area (Å²) in [6, 6.07) is 0. The number of hydrogen-bond acceptors (Lipinski definition) is 4. The molecule has 0 aromatic carbocycles. The van der Waals surface area contributed by atoms with E-state index >= 15 is 0 Å². The summed E-state index contributed by atoms with van der Waals surface area (Å²) in [6.07, 6.45) is 3.10. The second kappa shape index (κ2) is 8.99. The number of rotatable bonds is 6. The van der Waals surface area contributed by atoms with Gasteiger partial charge in [-0.3, -0.25) is 0 Å². The van der Waals surface area contributed by atoms with Gasteiger partial charge in [0.25, 0.3) is 0 Å².